The summed E-state index contributed by atoms with van der Waals surface area (Å²) in [5.74, 6) is 1.15. The highest BCUT2D eigenvalue weighted by Gasteiger charge is 2.28. The van der Waals surface area contributed by atoms with E-state index < -0.39 is 15.9 Å². The van der Waals surface area contributed by atoms with Crippen LogP contribution < -0.4 is 23.8 Å². The molecule has 198 valence electrons. The van der Waals surface area contributed by atoms with Crippen molar-refractivity contribution in [2.75, 3.05) is 38.2 Å². The molecule has 0 aliphatic rings. The van der Waals surface area contributed by atoms with E-state index in [2.05, 4.69) is 12.2 Å². The van der Waals surface area contributed by atoms with E-state index in [-0.39, 0.29) is 17.2 Å². The number of carbonyl (C=O) groups excluding carboxylic acids is 1. The Hall–Kier alpha value is -3.72. The van der Waals surface area contributed by atoms with Crippen LogP contribution >= 0.6 is 0 Å². The van der Waals surface area contributed by atoms with Gasteiger partial charge < -0.3 is 19.5 Å². The normalized spacial score (nSPS) is 11.0. The first-order valence-corrected chi connectivity index (χ1v) is 13.6. The second-order valence-electron chi connectivity index (χ2n) is 8.27. The van der Waals surface area contributed by atoms with E-state index in [1.807, 2.05) is 24.3 Å². The number of hydrogen-bond acceptors (Lipinski definition) is 6. The van der Waals surface area contributed by atoms with Gasteiger partial charge in [0.25, 0.3) is 10.0 Å². The van der Waals surface area contributed by atoms with Crippen LogP contribution in [-0.4, -0.2) is 48.2 Å². The Morgan fingerprint density at radius 3 is 2.30 bits per heavy atom. The van der Waals surface area contributed by atoms with E-state index in [0.717, 1.165) is 28.5 Å². The van der Waals surface area contributed by atoms with Crippen LogP contribution in [0.1, 0.15) is 25.3 Å². The van der Waals surface area contributed by atoms with E-state index >= 15 is 0 Å². The molecule has 0 aromatic heterocycles. The van der Waals surface area contributed by atoms with Gasteiger partial charge in [-0.25, -0.2) is 8.42 Å². The zero-order valence-electron chi connectivity index (χ0n) is 21.5. The highest BCUT2D eigenvalue weighted by molar-refractivity contribution is 7.92. The van der Waals surface area contributed by atoms with Crippen LogP contribution in [0.3, 0.4) is 0 Å². The summed E-state index contributed by atoms with van der Waals surface area (Å²) in [6, 6.07) is 20.7. The largest absolute Gasteiger partial charge is 0.493 e. The molecule has 3 aromatic carbocycles. The van der Waals surface area contributed by atoms with Crippen molar-refractivity contribution < 1.29 is 27.4 Å². The first-order valence-electron chi connectivity index (χ1n) is 12.2. The molecule has 0 spiro atoms. The Morgan fingerprint density at radius 1 is 0.892 bits per heavy atom. The molecule has 0 saturated carbocycles. The van der Waals surface area contributed by atoms with E-state index in [9.17, 15) is 13.2 Å². The Kier molecular flexibility index (Phi) is 10.2. The van der Waals surface area contributed by atoms with Gasteiger partial charge in [0.1, 0.15) is 12.3 Å². The van der Waals surface area contributed by atoms with Crippen LogP contribution in [0.2, 0.25) is 0 Å². The van der Waals surface area contributed by atoms with Crippen molar-refractivity contribution in [2.24, 2.45) is 0 Å². The standard InChI is InChI=1S/C28H34N2O6S/c1-4-19-36-25-15-9-8-11-22(25)12-10-18-29-28(31)21-30(23-13-6-5-7-14-23)37(32,33)24-16-17-26(34-2)27(20-24)35-3/h5-9,11,13-17,20H,4,10,12,18-19,21H2,1-3H3,(H,29,31). The van der Waals surface area contributed by atoms with Gasteiger partial charge in [-0.1, -0.05) is 43.3 Å². The first-order chi connectivity index (χ1) is 17.9. The number of hydrogen-bond donors (Lipinski definition) is 1. The molecule has 0 aliphatic carbocycles. The van der Waals surface area contributed by atoms with E-state index in [1.54, 1.807) is 30.3 Å². The van der Waals surface area contributed by atoms with Crippen LogP contribution in [0.4, 0.5) is 5.69 Å². The number of carbonyl (C=O) groups is 1. The van der Waals surface area contributed by atoms with Gasteiger partial charge in [0.2, 0.25) is 5.91 Å². The van der Waals surface area contributed by atoms with Crippen molar-refractivity contribution in [3.8, 4) is 17.2 Å². The highest BCUT2D eigenvalue weighted by Crippen LogP contribution is 2.32. The van der Waals surface area contributed by atoms with Gasteiger partial charge in [0.15, 0.2) is 11.5 Å². The van der Waals surface area contributed by atoms with Gasteiger partial charge in [-0.3, -0.25) is 9.10 Å². The summed E-state index contributed by atoms with van der Waals surface area (Å²) in [6.07, 6.45) is 2.34. The molecule has 0 unspecified atom stereocenters. The number of para-hydroxylation sites is 2. The van der Waals surface area contributed by atoms with Gasteiger partial charge in [-0.15, -0.1) is 0 Å². The van der Waals surface area contributed by atoms with Gasteiger partial charge in [-0.2, -0.15) is 0 Å². The molecular weight excluding hydrogens is 492 g/mol. The molecule has 9 heteroatoms. The van der Waals surface area contributed by atoms with Gasteiger partial charge in [-0.05, 0) is 55.2 Å². The molecule has 0 atom stereocenters. The van der Waals surface area contributed by atoms with Crippen molar-refractivity contribution in [3.63, 3.8) is 0 Å². The van der Waals surface area contributed by atoms with E-state index in [1.165, 1.54) is 32.4 Å². The Balaban J connectivity index is 1.70. The molecule has 3 rings (SSSR count). The fourth-order valence-corrected chi connectivity index (χ4v) is 5.21. The molecule has 37 heavy (non-hydrogen) atoms. The lowest BCUT2D eigenvalue weighted by molar-refractivity contribution is -0.119. The molecule has 8 nitrogen and oxygen atoms in total. The molecule has 0 bridgehead atoms. The number of rotatable bonds is 14. The monoisotopic (exact) mass is 526 g/mol. The quantitative estimate of drug-likeness (QED) is 0.312. The Morgan fingerprint density at radius 2 is 1.59 bits per heavy atom. The van der Waals surface area contributed by atoms with Gasteiger partial charge in [0.05, 0.1) is 31.4 Å². The summed E-state index contributed by atoms with van der Waals surface area (Å²) in [4.78, 5) is 12.9. The van der Waals surface area contributed by atoms with Gasteiger partial charge >= 0.3 is 0 Å². The van der Waals surface area contributed by atoms with Crippen LogP contribution in [-0.2, 0) is 21.2 Å². The number of aryl methyl sites for hydroxylation is 1. The fraction of sp³-hybridized carbons (Fsp3) is 0.321. The lowest BCUT2D eigenvalue weighted by atomic mass is 10.1. The van der Waals surface area contributed by atoms with E-state index in [0.29, 0.717) is 31.0 Å². The van der Waals surface area contributed by atoms with Crippen LogP contribution in [0.15, 0.2) is 77.7 Å². The Labute approximate surface area is 219 Å². The third kappa shape index (κ3) is 7.39. The van der Waals surface area contributed by atoms with Crippen LogP contribution in [0.5, 0.6) is 17.2 Å². The summed E-state index contributed by atoms with van der Waals surface area (Å²) >= 11 is 0. The fourth-order valence-electron chi connectivity index (χ4n) is 3.77. The minimum atomic E-state index is -4.07. The lowest BCUT2D eigenvalue weighted by Gasteiger charge is -2.24. The molecule has 0 saturated heterocycles. The zero-order chi connectivity index (χ0) is 26.7. The minimum absolute atomic E-state index is 0.00881. The number of benzene rings is 3. The second kappa shape index (κ2) is 13.5. The summed E-state index contributed by atoms with van der Waals surface area (Å²) in [5, 5.41) is 2.85. The van der Waals surface area contributed by atoms with Crippen molar-refractivity contribution >= 4 is 21.6 Å². The van der Waals surface area contributed by atoms with Crippen molar-refractivity contribution in [2.45, 2.75) is 31.1 Å². The maximum absolute atomic E-state index is 13.6. The van der Waals surface area contributed by atoms with E-state index in [4.69, 9.17) is 14.2 Å². The highest BCUT2D eigenvalue weighted by atomic mass is 32.2. The van der Waals surface area contributed by atoms with Crippen LogP contribution in [0, 0.1) is 0 Å². The van der Waals surface area contributed by atoms with Crippen molar-refractivity contribution in [1.29, 1.82) is 0 Å². The third-order valence-corrected chi connectivity index (χ3v) is 7.42. The SMILES string of the molecule is CCCOc1ccccc1CCCNC(=O)CN(c1ccccc1)S(=O)(=O)c1ccc(OC)c(OC)c1. The van der Waals surface area contributed by atoms with Crippen LogP contribution in [0.25, 0.3) is 0 Å². The molecule has 1 amide bonds. The molecule has 3 aromatic rings. The summed E-state index contributed by atoms with van der Waals surface area (Å²) < 4.78 is 44.6. The lowest BCUT2D eigenvalue weighted by Crippen LogP contribution is -2.41. The molecular formula is C28H34N2O6S. The average molecular weight is 527 g/mol. The minimum Gasteiger partial charge on any atom is -0.493 e. The summed E-state index contributed by atoms with van der Waals surface area (Å²) in [7, 11) is -1.16. The first kappa shape index (κ1) is 27.9. The maximum atomic E-state index is 13.6. The summed E-state index contributed by atoms with van der Waals surface area (Å²) in [5.41, 5.74) is 1.46. The predicted molar refractivity (Wildman–Crippen MR) is 144 cm³/mol. The van der Waals surface area contributed by atoms with Gasteiger partial charge in [0, 0.05) is 12.6 Å². The molecule has 1 N–H and O–H groups in total. The summed E-state index contributed by atoms with van der Waals surface area (Å²) in [6.45, 7) is 2.75. The number of nitrogens with zero attached hydrogens (tertiary/aromatic N) is 1. The average Bonchev–Trinajstić information content (AvgIpc) is 2.93. The predicted octanol–water partition coefficient (Wildman–Crippen LogP) is 4.44. The maximum Gasteiger partial charge on any atom is 0.264 e. The molecule has 0 aliphatic heterocycles. The molecule has 0 fully saturated rings. The molecule has 0 heterocycles. The number of methoxy groups -OCH3 is 2. The smallest absolute Gasteiger partial charge is 0.264 e. The topological polar surface area (TPSA) is 94.2 Å². The zero-order valence-corrected chi connectivity index (χ0v) is 22.3. The van der Waals surface area contributed by atoms with Crippen molar-refractivity contribution in [1.82, 2.24) is 5.32 Å². The number of ether oxygens (including phenoxy) is 3. The Bertz CT molecular complexity index is 1260. The van der Waals surface area contributed by atoms with Crippen molar-refractivity contribution in [3.05, 3.63) is 78.4 Å². The molecule has 0 radical (unpaired) electrons. The second-order valence-corrected chi connectivity index (χ2v) is 10.1. The number of amides is 1. The number of sulfonamides is 1. The third-order valence-electron chi connectivity index (χ3n) is 5.65. The number of nitrogens with one attached hydrogen (secondary N) is 1. The number of anilines is 1.